The van der Waals surface area contributed by atoms with Gasteiger partial charge in [0.1, 0.15) is 5.75 Å². The van der Waals surface area contributed by atoms with E-state index in [-0.39, 0.29) is 24.6 Å². The van der Waals surface area contributed by atoms with E-state index in [1.54, 1.807) is 29.2 Å². The van der Waals surface area contributed by atoms with Gasteiger partial charge in [0.25, 0.3) is 0 Å². The minimum atomic E-state index is -0.734. The third-order valence-corrected chi connectivity index (χ3v) is 3.22. The molecule has 0 aromatic heterocycles. The van der Waals surface area contributed by atoms with Crippen molar-refractivity contribution < 1.29 is 24.2 Å². The van der Waals surface area contributed by atoms with Crippen LogP contribution in [0.4, 0.5) is 0 Å². The zero-order chi connectivity index (χ0) is 14.5. The van der Waals surface area contributed by atoms with Gasteiger partial charge in [-0.25, -0.2) is 4.79 Å². The summed E-state index contributed by atoms with van der Waals surface area (Å²) < 4.78 is 9.88. The molecule has 108 valence electrons. The summed E-state index contributed by atoms with van der Waals surface area (Å²) in [5.41, 5.74) is 0.568. The summed E-state index contributed by atoms with van der Waals surface area (Å²) in [4.78, 5) is 25.2. The maximum atomic E-state index is 12.2. The predicted molar refractivity (Wildman–Crippen MR) is 70.1 cm³/mol. The van der Waals surface area contributed by atoms with E-state index in [4.69, 9.17) is 4.74 Å². The number of ether oxygens (including phenoxy) is 2. The van der Waals surface area contributed by atoms with Gasteiger partial charge < -0.3 is 19.5 Å². The van der Waals surface area contributed by atoms with Crippen LogP contribution in [0.15, 0.2) is 24.3 Å². The number of para-hydroxylation sites is 1. The molecule has 1 heterocycles. The second kappa shape index (κ2) is 6.38. The van der Waals surface area contributed by atoms with E-state index in [0.717, 1.165) is 0 Å². The lowest BCUT2D eigenvalue weighted by atomic mass is 10.1. The van der Waals surface area contributed by atoms with Gasteiger partial charge in [-0.05, 0) is 6.07 Å². The zero-order valence-corrected chi connectivity index (χ0v) is 11.2. The maximum absolute atomic E-state index is 12.2. The van der Waals surface area contributed by atoms with E-state index in [1.807, 2.05) is 0 Å². The number of benzene rings is 1. The number of nitrogens with zero attached hydrogens (tertiary/aromatic N) is 1. The van der Waals surface area contributed by atoms with Crippen LogP contribution in [0.25, 0.3) is 0 Å². The monoisotopic (exact) mass is 279 g/mol. The van der Waals surface area contributed by atoms with E-state index in [9.17, 15) is 14.7 Å². The van der Waals surface area contributed by atoms with Gasteiger partial charge in [0, 0.05) is 12.1 Å². The molecule has 6 heteroatoms. The molecule has 1 fully saturated rings. The van der Waals surface area contributed by atoms with Gasteiger partial charge in [-0.15, -0.1) is 0 Å². The number of rotatable bonds is 3. The number of esters is 1. The van der Waals surface area contributed by atoms with Gasteiger partial charge in [-0.1, -0.05) is 18.2 Å². The van der Waals surface area contributed by atoms with Gasteiger partial charge in [0.15, 0.2) is 6.10 Å². The Morgan fingerprint density at radius 3 is 2.90 bits per heavy atom. The number of phenols is 1. The number of aromatic hydroxyl groups is 1. The molecule has 1 N–H and O–H groups in total. The molecule has 6 nitrogen and oxygen atoms in total. The van der Waals surface area contributed by atoms with Crippen molar-refractivity contribution in [2.75, 3.05) is 26.8 Å². The van der Waals surface area contributed by atoms with E-state index in [0.29, 0.717) is 18.7 Å². The third kappa shape index (κ3) is 3.27. The number of morpholine rings is 1. The predicted octanol–water partition coefficient (Wildman–Crippen LogP) is 0.335. The first-order valence-corrected chi connectivity index (χ1v) is 6.36. The molecule has 0 aliphatic carbocycles. The molecule has 0 spiro atoms. The summed E-state index contributed by atoms with van der Waals surface area (Å²) in [6.07, 6.45) is -0.636. The van der Waals surface area contributed by atoms with Crippen molar-refractivity contribution in [1.82, 2.24) is 4.90 Å². The van der Waals surface area contributed by atoms with Crippen LogP contribution in [0.3, 0.4) is 0 Å². The van der Waals surface area contributed by atoms with E-state index in [2.05, 4.69) is 4.74 Å². The molecule has 1 aliphatic heterocycles. The lowest BCUT2D eigenvalue weighted by Crippen LogP contribution is -2.49. The Morgan fingerprint density at radius 1 is 1.45 bits per heavy atom. The fourth-order valence-electron chi connectivity index (χ4n) is 2.08. The molecule has 0 bridgehead atoms. The van der Waals surface area contributed by atoms with Gasteiger partial charge in [-0.2, -0.15) is 0 Å². The Morgan fingerprint density at radius 2 is 2.20 bits per heavy atom. The summed E-state index contributed by atoms with van der Waals surface area (Å²) >= 11 is 0. The van der Waals surface area contributed by atoms with Crippen LogP contribution in [-0.4, -0.2) is 54.8 Å². The van der Waals surface area contributed by atoms with Crippen LogP contribution >= 0.6 is 0 Å². The first kappa shape index (κ1) is 14.3. The number of carbonyl (C=O) groups excluding carboxylic acids is 2. The highest BCUT2D eigenvalue weighted by atomic mass is 16.6. The van der Waals surface area contributed by atoms with Crippen molar-refractivity contribution in [2.45, 2.75) is 12.5 Å². The molecule has 20 heavy (non-hydrogen) atoms. The van der Waals surface area contributed by atoms with Gasteiger partial charge in [0.2, 0.25) is 5.91 Å². The first-order valence-electron chi connectivity index (χ1n) is 6.36. The highest BCUT2D eigenvalue weighted by Crippen LogP contribution is 2.17. The lowest BCUT2D eigenvalue weighted by Gasteiger charge is -2.31. The number of methoxy groups -OCH3 is 1. The van der Waals surface area contributed by atoms with E-state index < -0.39 is 12.1 Å². The SMILES string of the molecule is COC(=O)C1CN(C(=O)Cc2ccccc2O)CCO1. The smallest absolute Gasteiger partial charge is 0.336 e. The summed E-state index contributed by atoms with van der Waals surface area (Å²) in [5.74, 6) is -0.535. The second-order valence-electron chi connectivity index (χ2n) is 4.53. The van der Waals surface area contributed by atoms with Gasteiger partial charge in [-0.3, -0.25) is 4.79 Å². The molecule has 2 rings (SSSR count). The molecule has 1 unspecified atom stereocenters. The number of hydrogen-bond acceptors (Lipinski definition) is 5. The number of carbonyl (C=O) groups is 2. The largest absolute Gasteiger partial charge is 0.508 e. The molecule has 1 amide bonds. The highest BCUT2D eigenvalue weighted by Gasteiger charge is 2.29. The topological polar surface area (TPSA) is 76.1 Å². The fourth-order valence-corrected chi connectivity index (χ4v) is 2.08. The maximum Gasteiger partial charge on any atom is 0.336 e. The Kier molecular flexibility index (Phi) is 4.57. The summed E-state index contributed by atoms with van der Waals surface area (Å²) in [6.45, 7) is 0.908. The Bertz CT molecular complexity index is 502. The quantitative estimate of drug-likeness (QED) is 0.807. The van der Waals surface area contributed by atoms with Gasteiger partial charge in [0.05, 0.1) is 26.7 Å². The molecular weight excluding hydrogens is 262 g/mol. The van der Waals surface area contributed by atoms with Crippen LogP contribution in [-0.2, 0) is 25.5 Å². The molecule has 1 aliphatic rings. The zero-order valence-electron chi connectivity index (χ0n) is 11.2. The molecule has 1 atom stereocenters. The van der Waals surface area contributed by atoms with Gasteiger partial charge >= 0.3 is 5.97 Å². The minimum absolute atomic E-state index is 0.0960. The van der Waals surface area contributed by atoms with Crippen molar-refractivity contribution in [2.24, 2.45) is 0 Å². The van der Waals surface area contributed by atoms with Crippen molar-refractivity contribution in [1.29, 1.82) is 0 Å². The molecule has 1 aromatic carbocycles. The van der Waals surface area contributed by atoms with Crippen molar-refractivity contribution in [3.05, 3.63) is 29.8 Å². The average molecular weight is 279 g/mol. The van der Waals surface area contributed by atoms with Crippen molar-refractivity contribution >= 4 is 11.9 Å². The van der Waals surface area contributed by atoms with Crippen LogP contribution in [0, 0.1) is 0 Å². The van der Waals surface area contributed by atoms with E-state index >= 15 is 0 Å². The van der Waals surface area contributed by atoms with Crippen LogP contribution < -0.4 is 0 Å². The highest BCUT2D eigenvalue weighted by molar-refractivity contribution is 5.81. The van der Waals surface area contributed by atoms with Crippen LogP contribution in [0.5, 0.6) is 5.75 Å². The normalized spacial score (nSPS) is 18.6. The molecule has 1 saturated heterocycles. The molecule has 1 aromatic rings. The Hall–Kier alpha value is -2.08. The van der Waals surface area contributed by atoms with Crippen molar-refractivity contribution in [3.8, 4) is 5.75 Å². The Balaban J connectivity index is 1.99. The van der Waals surface area contributed by atoms with Crippen LogP contribution in [0.2, 0.25) is 0 Å². The number of phenolic OH excluding ortho intramolecular Hbond substituents is 1. The lowest BCUT2D eigenvalue weighted by molar-refractivity contribution is -0.162. The molecule has 0 radical (unpaired) electrons. The number of amides is 1. The Labute approximate surface area is 116 Å². The fraction of sp³-hybridized carbons (Fsp3) is 0.429. The molecular formula is C14H17NO5. The number of hydrogen-bond donors (Lipinski definition) is 1. The average Bonchev–Trinajstić information content (AvgIpc) is 2.49. The second-order valence-corrected chi connectivity index (χ2v) is 4.53. The van der Waals surface area contributed by atoms with E-state index in [1.165, 1.54) is 7.11 Å². The summed E-state index contributed by atoms with van der Waals surface area (Å²) in [6, 6.07) is 6.70. The first-order chi connectivity index (χ1) is 9.61. The van der Waals surface area contributed by atoms with Crippen LogP contribution in [0.1, 0.15) is 5.56 Å². The summed E-state index contributed by atoms with van der Waals surface area (Å²) in [7, 11) is 1.29. The van der Waals surface area contributed by atoms with Crippen molar-refractivity contribution in [3.63, 3.8) is 0 Å². The molecule has 0 saturated carbocycles. The summed E-state index contributed by atoms with van der Waals surface area (Å²) in [5, 5.41) is 9.67. The third-order valence-electron chi connectivity index (χ3n) is 3.22. The minimum Gasteiger partial charge on any atom is -0.508 e. The standard InChI is InChI=1S/C14H17NO5/c1-19-14(18)12-9-15(6-7-20-12)13(17)8-10-4-2-3-5-11(10)16/h2-5,12,16H,6-9H2,1H3.